The summed E-state index contributed by atoms with van der Waals surface area (Å²) in [6.45, 7) is 17.9. The molecule has 0 bridgehead atoms. The number of rotatable bonds is 12. The zero-order valence-electron chi connectivity index (χ0n) is 36.0. The molecule has 2 N–H and O–H groups in total. The summed E-state index contributed by atoms with van der Waals surface area (Å²) in [5.74, 6) is 0.992. The number of benzene rings is 6. The SMILES string of the molecule is C[Si](C)(C)[N-][Si](C)(C)C.Cc1cc(C[NH+](CC2=[NH+][C@@H]3c4ccccc4C[C@@H]3O2)Cc2ccccc2)c([O-])c(C(c2ccccc2)(c2ccccc2)c2ccccc2)c1.[Mg+2]. The van der Waals surface area contributed by atoms with Crippen LogP contribution in [0.15, 0.2) is 158 Å². The zero-order valence-corrected chi connectivity index (χ0v) is 39.4. The Labute approximate surface area is 370 Å². The third-order valence-corrected chi connectivity index (χ3v) is 16.3. The number of fused-ring (bicyclic) bond motifs is 3. The maximum atomic E-state index is 15.1. The molecule has 0 saturated carbocycles. The monoisotopic (exact) mass is 825 g/mol. The van der Waals surface area contributed by atoms with E-state index in [-0.39, 0.29) is 40.9 Å². The molecule has 0 saturated heterocycles. The molecule has 2 aliphatic rings. The van der Waals surface area contributed by atoms with Gasteiger partial charge in [0.15, 0.2) is 6.10 Å². The Bertz CT molecular complexity index is 2200. The van der Waals surface area contributed by atoms with Gasteiger partial charge in [-0.05, 0) is 40.3 Å². The van der Waals surface area contributed by atoms with Crippen LogP contribution in [0.3, 0.4) is 0 Å². The van der Waals surface area contributed by atoms with E-state index < -0.39 is 21.9 Å². The minimum atomic E-state index is -1.11. The maximum absolute atomic E-state index is 15.1. The van der Waals surface area contributed by atoms with E-state index in [2.05, 4.69) is 191 Å². The van der Waals surface area contributed by atoms with E-state index in [0.29, 0.717) is 13.1 Å². The number of quaternary nitrogens is 1. The van der Waals surface area contributed by atoms with E-state index in [1.807, 2.05) is 18.2 Å². The van der Waals surface area contributed by atoms with Crippen molar-refractivity contribution in [1.82, 2.24) is 0 Å². The van der Waals surface area contributed by atoms with Crippen LogP contribution < -0.4 is 15.0 Å². The Morgan fingerprint density at radius 2 is 1.15 bits per heavy atom. The van der Waals surface area contributed by atoms with Gasteiger partial charge in [0.05, 0.1) is 5.41 Å². The standard InChI is InChI=1S/C45H40N2O2.C6H18NSi2.Mg/c1-32-26-35(30-47(29-33-16-6-2-7-17-33)31-42-46-43-39-25-15-14-18-34(39)28-41(43)49-42)44(48)40(27-32)45(36-19-8-3-9-20-36,37-21-10-4-11-22-37)38-23-12-5-13-24-38;1-8(2,3)7-9(4,5)6;/h2-27,41,43,48H,28-31H2,1H3;1-6H3;/q;-1;+2/p+1/t41-,43+;;/m0../s1. The summed E-state index contributed by atoms with van der Waals surface area (Å²) in [4.78, 5) is 4.98. The second-order valence-electron chi connectivity index (χ2n) is 18.0. The molecule has 3 atom stereocenters. The molecule has 1 aliphatic carbocycles. The Hall–Kier alpha value is -4.29. The largest absolute Gasteiger partial charge is 2.00 e. The average Bonchev–Trinajstić information content (AvgIpc) is 3.75. The van der Waals surface area contributed by atoms with E-state index in [4.69, 9.17) is 9.38 Å². The van der Waals surface area contributed by atoms with Crippen molar-refractivity contribution in [2.24, 2.45) is 0 Å². The third-order valence-electron chi connectivity index (χ3n) is 10.9. The molecular formula is C51H59MgN3O2Si2+2. The number of ether oxygens (including phenoxy) is 1. The minimum Gasteiger partial charge on any atom is -0.872 e. The Kier molecular flexibility index (Phi) is 14.2. The van der Waals surface area contributed by atoms with Crippen LogP contribution in [0.25, 0.3) is 4.65 Å². The molecule has 1 aliphatic heterocycles. The number of nitrogens with zero attached hydrogens (tertiary/aromatic N) is 1. The topological polar surface area (TPSA) is 64.8 Å². The molecular weight excluding hydrogens is 767 g/mol. The summed E-state index contributed by atoms with van der Waals surface area (Å²) in [6.07, 6.45) is 1.02. The fourth-order valence-corrected chi connectivity index (χ4v) is 17.2. The van der Waals surface area contributed by atoms with Crippen LogP contribution in [0, 0.1) is 6.92 Å². The molecule has 0 spiro atoms. The van der Waals surface area contributed by atoms with Crippen molar-refractivity contribution in [2.45, 2.75) is 83.3 Å². The molecule has 59 heavy (non-hydrogen) atoms. The predicted octanol–water partition coefficient (Wildman–Crippen LogP) is 7.86. The molecule has 1 heterocycles. The molecule has 1 unspecified atom stereocenters. The van der Waals surface area contributed by atoms with Crippen LogP contribution >= 0.6 is 0 Å². The van der Waals surface area contributed by atoms with E-state index >= 15 is 5.11 Å². The average molecular weight is 827 g/mol. The van der Waals surface area contributed by atoms with Gasteiger partial charge < -0.3 is 19.4 Å². The molecule has 8 heteroatoms. The maximum Gasteiger partial charge on any atom is 2.00 e. The molecule has 298 valence electrons. The molecule has 0 amide bonds. The van der Waals surface area contributed by atoms with E-state index in [1.165, 1.54) is 21.6 Å². The number of aryl methyl sites for hydroxylation is 1. The van der Waals surface area contributed by atoms with Crippen LogP contribution in [0.4, 0.5) is 0 Å². The van der Waals surface area contributed by atoms with Crippen LogP contribution in [-0.2, 0) is 29.7 Å². The zero-order chi connectivity index (χ0) is 40.9. The summed E-state index contributed by atoms with van der Waals surface area (Å²) in [5.41, 5.74) is 9.00. The van der Waals surface area contributed by atoms with Gasteiger partial charge in [0.2, 0.25) is 12.6 Å². The van der Waals surface area contributed by atoms with Crippen molar-refractivity contribution in [3.8, 4) is 5.75 Å². The van der Waals surface area contributed by atoms with Gasteiger partial charge in [-0.3, -0.25) is 0 Å². The van der Waals surface area contributed by atoms with Gasteiger partial charge >= 0.3 is 29.0 Å². The van der Waals surface area contributed by atoms with Crippen LogP contribution in [0.1, 0.15) is 56.1 Å². The summed E-state index contributed by atoms with van der Waals surface area (Å²) >= 11 is 0. The van der Waals surface area contributed by atoms with E-state index in [1.54, 1.807) is 0 Å². The van der Waals surface area contributed by atoms with Gasteiger partial charge in [-0.1, -0.05) is 225 Å². The predicted molar refractivity (Wildman–Crippen MR) is 248 cm³/mol. The van der Waals surface area contributed by atoms with Crippen molar-refractivity contribution in [1.29, 1.82) is 0 Å². The van der Waals surface area contributed by atoms with Crippen molar-refractivity contribution >= 4 is 45.4 Å². The number of hydrogen-bond donors (Lipinski definition) is 2. The Morgan fingerprint density at radius 3 is 1.66 bits per heavy atom. The molecule has 0 radical (unpaired) electrons. The third kappa shape index (κ3) is 10.5. The quantitative estimate of drug-likeness (QED) is 0.0976. The van der Waals surface area contributed by atoms with Gasteiger partial charge in [-0.15, -0.1) is 0 Å². The summed E-state index contributed by atoms with van der Waals surface area (Å²) < 4.78 is 11.4. The van der Waals surface area contributed by atoms with E-state index in [9.17, 15) is 0 Å². The van der Waals surface area contributed by atoms with Crippen molar-refractivity contribution < 1.29 is 19.7 Å². The summed E-state index contributed by atoms with van der Waals surface area (Å²) in [5, 5.41) is 15.1. The van der Waals surface area contributed by atoms with Gasteiger partial charge in [-0.2, -0.15) is 4.99 Å². The smallest absolute Gasteiger partial charge is 0.872 e. The molecule has 5 nitrogen and oxygen atoms in total. The fourth-order valence-electron chi connectivity index (χ4n) is 9.19. The first-order valence-electron chi connectivity index (χ1n) is 20.8. The second-order valence-corrected chi connectivity index (χ2v) is 27.6. The molecule has 6 aromatic rings. The molecule has 0 aromatic heterocycles. The minimum absolute atomic E-state index is 0. The normalized spacial score (nSPS) is 16.4. The van der Waals surface area contributed by atoms with Crippen molar-refractivity contribution in [3.05, 3.63) is 212 Å². The Morgan fingerprint density at radius 1 is 0.661 bits per heavy atom. The first-order chi connectivity index (χ1) is 27.8. The first-order valence-corrected chi connectivity index (χ1v) is 27.7. The van der Waals surface area contributed by atoms with Crippen molar-refractivity contribution in [3.63, 3.8) is 0 Å². The fraction of sp³-hybridized carbons (Fsp3) is 0.275. The number of nitrogens with one attached hydrogen (secondary N) is 2. The summed E-state index contributed by atoms with van der Waals surface area (Å²) in [6, 6.07) is 55.1. The van der Waals surface area contributed by atoms with Gasteiger partial charge in [0.1, 0.15) is 13.1 Å². The Balaban J connectivity index is 0.000000527. The van der Waals surface area contributed by atoms with Gasteiger partial charge in [0, 0.05) is 17.5 Å². The van der Waals surface area contributed by atoms with Crippen LogP contribution in [0.2, 0.25) is 39.3 Å². The van der Waals surface area contributed by atoms with E-state index in [0.717, 1.165) is 52.2 Å². The molecule has 0 fully saturated rings. The molecule has 8 rings (SSSR count). The number of hydrogen-bond acceptors (Lipinski definition) is 2. The van der Waals surface area contributed by atoms with Gasteiger partial charge in [0.25, 0.3) is 0 Å². The van der Waals surface area contributed by atoms with Crippen LogP contribution in [-0.4, -0.2) is 58.1 Å². The summed E-state index contributed by atoms with van der Waals surface area (Å²) in [7, 11) is -2.21. The first kappa shape index (κ1) is 44.3. The van der Waals surface area contributed by atoms with Crippen molar-refractivity contribution in [2.75, 3.05) is 6.54 Å². The molecule has 6 aromatic carbocycles. The van der Waals surface area contributed by atoms with Crippen LogP contribution in [0.5, 0.6) is 5.75 Å². The van der Waals surface area contributed by atoms with Gasteiger partial charge in [-0.25, -0.2) is 0 Å². The second kappa shape index (κ2) is 19.0.